The molecule has 0 unspecified atom stereocenters. The second-order valence-electron chi connectivity index (χ2n) is 14.3. The molecule has 9 aromatic rings. The number of hydrogen-bond donors (Lipinski definition) is 0. The zero-order chi connectivity index (χ0) is 37.0. The quantitative estimate of drug-likeness (QED) is 0.118. The third kappa shape index (κ3) is 6.60. The van der Waals surface area contributed by atoms with Crippen molar-refractivity contribution >= 4 is 46.2 Å². The molecule has 0 aliphatic carbocycles. The van der Waals surface area contributed by atoms with Gasteiger partial charge in [-0.2, -0.15) is 8.78 Å². The molecule has 5 aromatic heterocycles. The molecule has 0 N–H and O–H groups in total. The Balaban J connectivity index is 0.00000427. The Labute approximate surface area is 332 Å². The van der Waals surface area contributed by atoms with Crippen molar-refractivity contribution in [3.63, 3.8) is 0 Å². The van der Waals surface area contributed by atoms with Crippen molar-refractivity contribution in [2.75, 3.05) is 0 Å². The van der Waals surface area contributed by atoms with Gasteiger partial charge in [0.15, 0.2) is 5.65 Å². The van der Waals surface area contributed by atoms with Gasteiger partial charge in [-0.05, 0) is 46.8 Å². The van der Waals surface area contributed by atoms with Crippen molar-refractivity contribution in [1.29, 1.82) is 0 Å². The Morgan fingerprint density at radius 1 is 0.618 bits per heavy atom. The van der Waals surface area contributed by atoms with E-state index < -0.39 is 25.4 Å². The monoisotopic (exact) mass is 917 g/mol. The number of hydrogen-bond acceptors (Lipinski definition) is 5. The van der Waals surface area contributed by atoms with E-state index in [1.807, 2.05) is 84.9 Å². The summed E-state index contributed by atoms with van der Waals surface area (Å²) >= 11 is 0. The number of nitrogens with zero attached hydrogens (tertiary/aromatic N) is 4. The molecule has 9 rings (SSSR count). The van der Waals surface area contributed by atoms with Gasteiger partial charge in [-0.25, -0.2) is 9.97 Å². The SMILES string of the molecule is C[Si](C)(C)c1ccc(-c2cc(-c3[c-]cccc3)nc(C(F)(F)c3cccc(-c4[c-]ccc5c4oc4c6cccnc6nc(-c6ccccc6)c54)n3)c2)cc1.[Pt+2]. The first kappa shape index (κ1) is 36.3. The van der Waals surface area contributed by atoms with Gasteiger partial charge in [-0.3, -0.25) is 9.97 Å². The van der Waals surface area contributed by atoms with Crippen LogP contribution in [0.2, 0.25) is 19.6 Å². The minimum Gasteiger partial charge on any atom is -0.500 e. The second kappa shape index (κ2) is 14.2. The largest absolute Gasteiger partial charge is 2.00 e. The van der Waals surface area contributed by atoms with Crippen molar-refractivity contribution in [1.82, 2.24) is 19.9 Å². The molecule has 9 heteroatoms. The zero-order valence-corrected chi connectivity index (χ0v) is 33.3. The minimum absolute atomic E-state index is 0. The van der Waals surface area contributed by atoms with E-state index in [4.69, 9.17) is 9.40 Å². The van der Waals surface area contributed by atoms with Gasteiger partial charge >= 0.3 is 27.0 Å². The summed E-state index contributed by atoms with van der Waals surface area (Å²) in [5.41, 5.74) is 5.63. The van der Waals surface area contributed by atoms with Gasteiger partial charge < -0.3 is 4.42 Å². The van der Waals surface area contributed by atoms with Crippen LogP contribution in [0, 0.1) is 12.1 Å². The second-order valence-corrected chi connectivity index (χ2v) is 19.4. The van der Waals surface area contributed by atoms with Crippen molar-refractivity contribution in [3.05, 3.63) is 163 Å². The number of furan rings is 1. The van der Waals surface area contributed by atoms with Crippen LogP contribution in [0.3, 0.4) is 0 Å². The van der Waals surface area contributed by atoms with Crippen molar-refractivity contribution in [2.24, 2.45) is 0 Å². The molecular weight excluding hydrogens is 886 g/mol. The Morgan fingerprint density at radius 2 is 1.40 bits per heavy atom. The number of pyridine rings is 4. The number of aromatic nitrogens is 4. The predicted octanol–water partition coefficient (Wildman–Crippen LogP) is 11.3. The molecule has 0 atom stereocenters. The summed E-state index contributed by atoms with van der Waals surface area (Å²) in [7, 11) is -1.56. The van der Waals surface area contributed by atoms with Gasteiger partial charge in [0.25, 0.3) is 0 Å². The van der Waals surface area contributed by atoms with E-state index in [2.05, 4.69) is 58.9 Å². The summed E-state index contributed by atoms with van der Waals surface area (Å²) < 4.78 is 40.5. The number of halogens is 2. The molecule has 0 bridgehead atoms. The first-order valence-corrected chi connectivity index (χ1v) is 21.2. The first-order valence-electron chi connectivity index (χ1n) is 17.7. The third-order valence-electron chi connectivity index (χ3n) is 9.73. The van der Waals surface area contributed by atoms with Crippen LogP contribution in [0.15, 0.2) is 144 Å². The Kier molecular flexibility index (Phi) is 9.36. The predicted molar refractivity (Wildman–Crippen MR) is 214 cm³/mol. The molecule has 0 saturated carbocycles. The molecule has 0 fully saturated rings. The molecule has 0 radical (unpaired) electrons. The fourth-order valence-corrected chi connectivity index (χ4v) is 8.07. The Bertz CT molecular complexity index is 2840. The van der Waals surface area contributed by atoms with Gasteiger partial charge in [-0.1, -0.05) is 109 Å². The molecule has 4 aromatic carbocycles. The smallest absolute Gasteiger partial charge is 0.500 e. The Hall–Kier alpha value is -5.69. The van der Waals surface area contributed by atoms with Crippen LogP contribution in [0.1, 0.15) is 11.4 Å². The van der Waals surface area contributed by atoms with E-state index >= 15 is 8.78 Å². The average Bonchev–Trinajstić information content (AvgIpc) is 3.61. The summed E-state index contributed by atoms with van der Waals surface area (Å²) in [6.07, 6.45) is 1.70. The van der Waals surface area contributed by atoms with Crippen LogP contribution >= 0.6 is 0 Å². The third-order valence-corrected chi connectivity index (χ3v) is 11.8. The van der Waals surface area contributed by atoms with Crippen LogP contribution in [-0.4, -0.2) is 28.0 Å². The molecule has 0 aliphatic rings. The van der Waals surface area contributed by atoms with Crippen LogP contribution in [0.25, 0.3) is 77.9 Å². The Morgan fingerprint density at radius 3 is 2.16 bits per heavy atom. The molecule has 55 heavy (non-hydrogen) atoms. The first-order chi connectivity index (χ1) is 26.1. The fraction of sp³-hybridized carbons (Fsp3) is 0.0870. The van der Waals surface area contributed by atoms with E-state index in [1.54, 1.807) is 30.5 Å². The van der Waals surface area contributed by atoms with Crippen molar-refractivity contribution < 1.29 is 34.3 Å². The van der Waals surface area contributed by atoms with Crippen LogP contribution in [-0.2, 0) is 27.0 Å². The molecule has 0 aliphatic heterocycles. The van der Waals surface area contributed by atoms with Crippen molar-refractivity contribution in [2.45, 2.75) is 25.6 Å². The number of fused-ring (bicyclic) bond motifs is 5. The van der Waals surface area contributed by atoms with Gasteiger partial charge in [0.1, 0.15) is 17.0 Å². The topological polar surface area (TPSA) is 64.7 Å². The van der Waals surface area contributed by atoms with Crippen LogP contribution in [0.5, 0.6) is 0 Å². The maximum absolute atomic E-state index is 16.9. The maximum Gasteiger partial charge on any atom is 2.00 e. The summed E-state index contributed by atoms with van der Waals surface area (Å²) in [4.78, 5) is 18.6. The molecule has 270 valence electrons. The van der Waals surface area contributed by atoms with E-state index in [9.17, 15) is 0 Å². The molecule has 0 saturated heterocycles. The summed E-state index contributed by atoms with van der Waals surface area (Å²) in [6, 6.07) is 47.1. The van der Waals surface area contributed by atoms with Gasteiger partial charge in [0.2, 0.25) is 0 Å². The standard InChI is InChI=1S/C46H32F2N4OSi.Pt/c1-54(2,3)33-24-22-29(23-25-33)32-27-38(30-13-6-4-7-14-30)51-40(28-32)46(47,48)39-21-11-20-37(50-39)34-17-10-18-35-41-42(31-15-8-5-9-16-31)52-45-36(19-12-26-49-45)44(41)53-43(34)35;/h4-13,15-16,18-28H,1-3H3;/q-2;+2. The summed E-state index contributed by atoms with van der Waals surface area (Å²) in [5, 5.41) is 3.61. The number of alkyl halides is 2. The zero-order valence-electron chi connectivity index (χ0n) is 30.0. The molecule has 5 nitrogen and oxygen atoms in total. The van der Waals surface area contributed by atoms with E-state index in [0.29, 0.717) is 50.6 Å². The van der Waals surface area contributed by atoms with Gasteiger partial charge in [-0.15, -0.1) is 54.1 Å². The summed E-state index contributed by atoms with van der Waals surface area (Å²) in [5.74, 6) is -3.55. The van der Waals surface area contributed by atoms with E-state index in [-0.39, 0.29) is 21.1 Å². The number of rotatable bonds is 7. The normalized spacial score (nSPS) is 11.9. The molecule has 5 heterocycles. The molecule has 0 amide bonds. The minimum atomic E-state index is -3.55. The maximum atomic E-state index is 16.9. The van der Waals surface area contributed by atoms with E-state index in [1.165, 1.54) is 17.3 Å². The summed E-state index contributed by atoms with van der Waals surface area (Å²) in [6.45, 7) is 6.84. The van der Waals surface area contributed by atoms with Gasteiger partial charge in [0.05, 0.1) is 24.7 Å². The molecule has 0 spiro atoms. The van der Waals surface area contributed by atoms with Crippen LogP contribution in [0.4, 0.5) is 8.78 Å². The average molecular weight is 918 g/mol. The fourth-order valence-electron chi connectivity index (χ4n) is 6.90. The van der Waals surface area contributed by atoms with Crippen molar-refractivity contribution in [3.8, 4) is 44.9 Å². The molecular formula is C46H32F2N4OPtSi. The van der Waals surface area contributed by atoms with Crippen LogP contribution < -0.4 is 5.19 Å². The van der Waals surface area contributed by atoms with Gasteiger partial charge in [0, 0.05) is 17.1 Å². The number of benzene rings is 4. The van der Waals surface area contributed by atoms with E-state index in [0.717, 1.165) is 27.3 Å².